The Kier molecular flexibility index (Phi) is 4.46. The molecule has 0 unspecified atom stereocenters. The summed E-state index contributed by atoms with van der Waals surface area (Å²) in [5.74, 6) is 0.115. The number of rotatable bonds is 4. The summed E-state index contributed by atoms with van der Waals surface area (Å²) in [7, 11) is 0. The van der Waals surface area contributed by atoms with Gasteiger partial charge in [-0.3, -0.25) is 20.4 Å². The van der Waals surface area contributed by atoms with Crippen molar-refractivity contribution < 1.29 is 4.92 Å². The number of nitrogens with zero attached hydrogens (tertiary/aromatic N) is 3. The fourth-order valence-corrected chi connectivity index (χ4v) is 2.24. The molecule has 19 heavy (non-hydrogen) atoms. The second-order valence-electron chi connectivity index (χ2n) is 4.69. The summed E-state index contributed by atoms with van der Waals surface area (Å²) in [5, 5.41) is 18.1. The molecule has 0 bridgehead atoms. The molecule has 0 amide bonds. The van der Waals surface area contributed by atoms with Gasteiger partial charge in [0.15, 0.2) is 5.84 Å². The Morgan fingerprint density at radius 2 is 1.84 bits per heavy atom. The number of hydrogen-bond donors (Lipinski definition) is 1. The first kappa shape index (κ1) is 13.5. The third kappa shape index (κ3) is 4.03. The van der Waals surface area contributed by atoms with Crippen molar-refractivity contribution in [3.05, 3.63) is 46.0 Å². The van der Waals surface area contributed by atoms with Crippen LogP contribution in [-0.2, 0) is 6.54 Å². The summed E-state index contributed by atoms with van der Waals surface area (Å²) in [6.45, 7) is 3.60. The van der Waals surface area contributed by atoms with E-state index in [1.54, 1.807) is 4.90 Å². The molecule has 0 saturated carbocycles. The zero-order chi connectivity index (χ0) is 13.7. The average molecular weight is 262 g/mol. The Balaban J connectivity index is 1.79. The third-order valence-corrected chi connectivity index (χ3v) is 3.28. The topological polar surface area (TPSA) is 73.5 Å². The smallest absolute Gasteiger partial charge is 0.259 e. The zero-order valence-corrected chi connectivity index (χ0v) is 10.8. The fraction of sp³-hybridized carbons (Fsp3) is 0.462. The van der Waals surface area contributed by atoms with Gasteiger partial charge in [0.05, 0.1) is 0 Å². The van der Waals surface area contributed by atoms with E-state index in [0.717, 1.165) is 19.6 Å². The predicted octanol–water partition coefficient (Wildman–Crippen LogP) is 1.06. The molecule has 0 aliphatic carbocycles. The van der Waals surface area contributed by atoms with E-state index in [4.69, 9.17) is 5.41 Å². The number of hydrogen-bond acceptors (Lipinski definition) is 4. The molecule has 1 aromatic rings. The Morgan fingerprint density at radius 1 is 1.21 bits per heavy atom. The van der Waals surface area contributed by atoms with Crippen LogP contribution in [-0.4, -0.2) is 53.3 Å². The van der Waals surface area contributed by atoms with Crippen LogP contribution in [0.1, 0.15) is 5.56 Å². The molecule has 0 aromatic heterocycles. The molecule has 1 saturated heterocycles. The summed E-state index contributed by atoms with van der Waals surface area (Å²) in [4.78, 5) is 14.0. The van der Waals surface area contributed by atoms with Crippen LogP contribution in [0.5, 0.6) is 0 Å². The van der Waals surface area contributed by atoms with Gasteiger partial charge in [0, 0.05) is 37.6 Å². The number of nitrogens with one attached hydrogen (secondary N) is 1. The molecule has 1 N–H and O–H groups in total. The van der Waals surface area contributed by atoms with Gasteiger partial charge in [-0.15, -0.1) is 0 Å². The Labute approximate surface area is 112 Å². The van der Waals surface area contributed by atoms with E-state index in [9.17, 15) is 10.1 Å². The maximum atomic E-state index is 10.4. The predicted molar refractivity (Wildman–Crippen MR) is 72.9 cm³/mol. The van der Waals surface area contributed by atoms with Crippen molar-refractivity contribution in [2.45, 2.75) is 6.54 Å². The molecule has 2 rings (SSSR count). The summed E-state index contributed by atoms with van der Waals surface area (Å²) >= 11 is 0. The van der Waals surface area contributed by atoms with Crippen LogP contribution in [0.25, 0.3) is 0 Å². The van der Waals surface area contributed by atoms with Crippen molar-refractivity contribution in [2.24, 2.45) is 0 Å². The van der Waals surface area contributed by atoms with E-state index in [1.165, 1.54) is 5.56 Å². The molecule has 6 heteroatoms. The van der Waals surface area contributed by atoms with E-state index in [0.29, 0.717) is 13.1 Å². The monoisotopic (exact) mass is 262 g/mol. The quantitative estimate of drug-likeness (QED) is 0.381. The first-order valence-electron chi connectivity index (χ1n) is 6.35. The minimum atomic E-state index is -0.446. The molecule has 6 nitrogen and oxygen atoms in total. The Bertz CT molecular complexity index is 441. The maximum Gasteiger partial charge on any atom is 0.259 e. The van der Waals surface area contributed by atoms with Crippen molar-refractivity contribution in [3.63, 3.8) is 0 Å². The molecule has 1 heterocycles. The third-order valence-electron chi connectivity index (χ3n) is 3.28. The van der Waals surface area contributed by atoms with E-state index in [2.05, 4.69) is 17.0 Å². The lowest BCUT2D eigenvalue weighted by molar-refractivity contribution is -0.464. The standard InChI is InChI=1S/C13H18N4O2/c14-13(11-17(18)19)16-8-6-15(7-9-16)10-12-4-2-1-3-5-12/h1-5,14H,6-11H2. The van der Waals surface area contributed by atoms with Crippen molar-refractivity contribution >= 4 is 5.84 Å². The molecule has 1 fully saturated rings. The highest BCUT2D eigenvalue weighted by molar-refractivity contribution is 5.80. The highest BCUT2D eigenvalue weighted by atomic mass is 16.6. The van der Waals surface area contributed by atoms with Gasteiger partial charge in [-0.2, -0.15) is 0 Å². The first-order valence-corrected chi connectivity index (χ1v) is 6.35. The lowest BCUT2D eigenvalue weighted by Gasteiger charge is -2.35. The van der Waals surface area contributed by atoms with Crippen molar-refractivity contribution in [1.29, 1.82) is 5.41 Å². The van der Waals surface area contributed by atoms with E-state index < -0.39 is 4.92 Å². The van der Waals surface area contributed by atoms with Gasteiger partial charge in [0.1, 0.15) is 0 Å². The van der Waals surface area contributed by atoms with Gasteiger partial charge in [0.25, 0.3) is 6.54 Å². The number of nitro groups is 1. The minimum absolute atomic E-state index is 0.115. The first-order chi connectivity index (χ1) is 9.15. The van der Waals surface area contributed by atoms with Gasteiger partial charge in [0.2, 0.25) is 0 Å². The zero-order valence-electron chi connectivity index (χ0n) is 10.8. The number of benzene rings is 1. The van der Waals surface area contributed by atoms with Gasteiger partial charge in [-0.1, -0.05) is 30.3 Å². The summed E-state index contributed by atoms with van der Waals surface area (Å²) in [6.07, 6.45) is 0. The van der Waals surface area contributed by atoms with E-state index in [1.807, 2.05) is 18.2 Å². The molecular formula is C13H18N4O2. The molecular weight excluding hydrogens is 244 g/mol. The van der Waals surface area contributed by atoms with E-state index >= 15 is 0 Å². The molecule has 0 spiro atoms. The van der Waals surface area contributed by atoms with Gasteiger partial charge >= 0.3 is 0 Å². The summed E-state index contributed by atoms with van der Waals surface area (Å²) in [5.41, 5.74) is 1.27. The van der Waals surface area contributed by atoms with Gasteiger partial charge < -0.3 is 4.90 Å². The average Bonchev–Trinajstić information content (AvgIpc) is 2.40. The summed E-state index contributed by atoms with van der Waals surface area (Å²) in [6, 6.07) is 10.2. The van der Waals surface area contributed by atoms with Crippen LogP contribution < -0.4 is 0 Å². The molecule has 0 atom stereocenters. The SMILES string of the molecule is N=C(C[N+](=O)[O-])N1CCN(Cc2ccccc2)CC1. The van der Waals surface area contributed by atoms with E-state index in [-0.39, 0.29) is 12.4 Å². The number of amidine groups is 1. The molecule has 1 aliphatic rings. The van der Waals surface area contributed by atoms with Crippen LogP contribution in [0, 0.1) is 15.5 Å². The largest absolute Gasteiger partial charge is 0.352 e. The summed E-state index contributed by atoms with van der Waals surface area (Å²) < 4.78 is 0. The highest BCUT2D eigenvalue weighted by Crippen LogP contribution is 2.08. The van der Waals surface area contributed by atoms with Gasteiger partial charge in [-0.25, -0.2) is 0 Å². The minimum Gasteiger partial charge on any atom is -0.352 e. The van der Waals surface area contributed by atoms with Crippen LogP contribution in [0.3, 0.4) is 0 Å². The normalized spacial score (nSPS) is 16.3. The lowest BCUT2D eigenvalue weighted by atomic mass is 10.2. The van der Waals surface area contributed by atoms with Crippen LogP contribution in [0.2, 0.25) is 0 Å². The number of piperazine rings is 1. The van der Waals surface area contributed by atoms with Crippen molar-refractivity contribution in [1.82, 2.24) is 9.80 Å². The molecule has 1 aromatic carbocycles. The Morgan fingerprint density at radius 3 is 2.42 bits per heavy atom. The Hall–Kier alpha value is -1.95. The molecule has 1 aliphatic heterocycles. The molecule has 0 radical (unpaired) electrons. The molecule has 102 valence electrons. The van der Waals surface area contributed by atoms with Crippen LogP contribution >= 0.6 is 0 Å². The second-order valence-corrected chi connectivity index (χ2v) is 4.69. The highest BCUT2D eigenvalue weighted by Gasteiger charge is 2.21. The van der Waals surface area contributed by atoms with Crippen molar-refractivity contribution in [3.8, 4) is 0 Å². The second kappa shape index (κ2) is 6.29. The van der Waals surface area contributed by atoms with Crippen LogP contribution in [0.15, 0.2) is 30.3 Å². The van der Waals surface area contributed by atoms with Crippen molar-refractivity contribution in [2.75, 3.05) is 32.7 Å². The maximum absolute atomic E-state index is 10.4. The van der Waals surface area contributed by atoms with Gasteiger partial charge in [-0.05, 0) is 5.56 Å². The van der Waals surface area contributed by atoms with Crippen LogP contribution in [0.4, 0.5) is 0 Å². The lowest BCUT2D eigenvalue weighted by Crippen LogP contribution is -2.49. The fourth-order valence-electron chi connectivity index (χ4n) is 2.24.